The van der Waals surface area contributed by atoms with E-state index in [1.165, 1.54) is 29.3 Å². The zero-order valence-corrected chi connectivity index (χ0v) is 14.9. The van der Waals surface area contributed by atoms with Crippen molar-refractivity contribution in [2.75, 3.05) is 43.4 Å². The maximum Gasteiger partial charge on any atom is 0.0426 e. The summed E-state index contributed by atoms with van der Waals surface area (Å²) in [6.07, 6.45) is 1.25. The van der Waals surface area contributed by atoms with Gasteiger partial charge in [0.15, 0.2) is 0 Å². The summed E-state index contributed by atoms with van der Waals surface area (Å²) in [7, 11) is 0. The van der Waals surface area contributed by atoms with E-state index in [0.29, 0.717) is 0 Å². The molecule has 4 heteroatoms. The molecular weight excluding hydrogens is 324 g/mol. The van der Waals surface area contributed by atoms with Crippen molar-refractivity contribution >= 4 is 29.1 Å². The molecule has 0 aromatic heterocycles. The minimum absolute atomic E-state index is 0.822. The summed E-state index contributed by atoms with van der Waals surface area (Å²) in [5, 5.41) is 0.822. The first kappa shape index (κ1) is 16.7. The zero-order chi connectivity index (χ0) is 15.9. The molecule has 0 N–H and O–H groups in total. The molecule has 3 rings (SSSR count). The van der Waals surface area contributed by atoms with Crippen LogP contribution >= 0.6 is 23.4 Å². The Kier molecular flexibility index (Phi) is 6.26. The number of benzene rings is 2. The highest BCUT2D eigenvalue weighted by Gasteiger charge is 2.16. The molecule has 2 nitrogen and oxygen atoms in total. The molecule has 0 radical (unpaired) electrons. The van der Waals surface area contributed by atoms with Gasteiger partial charge in [-0.15, -0.1) is 11.8 Å². The Hall–Kier alpha value is -1.16. The van der Waals surface area contributed by atoms with E-state index in [4.69, 9.17) is 11.6 Å². The SMILES string of the molecule is Clc1cccc(N2CCN(CCCSc3ccccc3)CC2)c1. The Morgan fingerprint density at radius 1 is 0.913 bits per heavy atom. The summed E-state index contributed by atoms with van der Waals surface area (Å²) in [5.41, 5.74) is 1.25. The average Bonchev–Trinajstić information content (AvgIpc) is 2.60. The molecule has 0 atom stereocenters. The summed E-state index contributed by atoms with van der Waals surface area (Å²) in [4.78, 5) is 6.38. The third-order valence-corrected chi connectivity index (χ3v) is 5.51. The van der Waals surface area contributed by atoms with Gasteiger partial charge in [0.05, 0.1) is 0 Å². The van der Waals surface area contributed by atoms with E-state index >= 15 is 0 Å². The number of nitrogens with zero attached hydrogens (tertiary/aromatic N) is 2. The molecule has 0 aliphatic carbocycles. The third-order valence-electron chi connectivity index (χ3n) is 4.18. The lowest BCUT2D eigenvalue weighted by Gasteiger charge is -2.36. The van der Waals surface area contributed by atoms with Gasteiger partial charge in [-0.25, -0.2) is 0 Å². The van der Waals surface area contributed by atoms with Gasteiger partial charge < -0.3 is 4.90 Å². The van der Waals surface area contributed by atoms with E-state index in [1.54, 1.807) is 0 Å². The summed E-state index contributed by atoms with van der Waals surface area (Å²) in [6.45, 7) is 5.66. The number of hydrogen-bond acceptors (Lipinski definition) is 3. The Balaban J connectivity index is 1.36. The van der Waals surface area contributed by atoms with Crippen molar-refractivity contribution in [2.24, 2.45) is 0 Å². The lowest BCUT2D eigenvalue weighted by Crippen LogP contribution is -2.46. The second kappa shape index (κ2) is 8.62. The van der Waals surface area contributed by atoms with E-state index in [-0.39, 0.29) is 0 Å². The molecule has 2 aromatic carbocycles. The van der Waals surface area contributed by atoms with Gasteiger partial charge in [-0.2, -0.15) is 0 Å². The molecule has 0 amide bonds. The fourth-order valence-corrected chi connectivity index (χ4v) is 3.94. The van der Waals surface area contributed by atoms with Crippen LogP contribution in [0, 0.1) is 0 Å². The van der Waals surface area contributed by atoms with Crippen molar-refractivity contribution in [2.45, 2.75) is 11.3 Å². The zero-order valence-electron chi connectivity index (χ0n) is 13.3. The maximum atomic E-state index is 6.09. The molecule has 1 aliphatic rings. The smallest absolute Gasteiger partial charge is 0.0426 e. The average molecular weight is 347 g/mol. The van der Waals surface area contributed by atoms with Crippen molar-refractivity contribution < 1.29 is 0 Å². The standard InChI is InChI=1S/C19H23ClN2S/c20-17-6-4-7-18(16-17)22-13-11-21(12-14-22)10-5-15-23-19-8-2-1-3-9-19/h1-4,6-9,16H,5,10-15H2. The molecule has 0 unspecified atom stereocenters. The van der Waals surface area contributed by atoms with Gasteiger partial charge >= 0.3 is 0 Å². The van der Waals surface area contributed by atoms with Crippen LogP contribution in [0.1, 0.15) is 6.42 Å². The highest BCUT2D eigenvalue weighted by Crippen LogP contribution is 2.21. The molecule has 0 spiro atoms. The number of rotatable bonds is 6. The van der Waals surface area contributed by atoms with Gasteiger partial charge in [0.25, 0.3) is 0 Å². The first-order valence-electron chi connectivity index (χ1n) is 8.22. The van der Waals surface area contributed by atoms with Gasteiger partial charge in [-0.05, 0) is 49.1 Å². The van der Waals surface area contributed by atoms with Gasteiger partial charge in [0.1, 0.15) is 0 Å². The summed E-state index contributed by atoms with van der Waals surface area (Å²) >= 11 is 8.04. The van der Waals surface area contributed by atoms with E-state index in [1.807, 2.05) is 23.9 Å². The van der Waals surface area contributed by atoms with E-state index < -0.39 is 0 Å². The Bertz CT molecular complexity index is 597. The normalized spacial score (nSPS) is 15.8. The summed E-state index contributed by atoms with van der Waals surface area (Å²) < 4.78 is 0. The maximum absolute atomic E-state index is 6.09. The van der Waals surface area contributed by atoms with Crippen LogP contribution in [0.4, 0.5) is 5.69 Å². The number of thioether (sulfide) groups is 1. The fourth-order valence-electron chi connectivity index (χ4n) is 2.90. The van der Waals surface area contributed by atoms with Crippen molar-refractivity contribution in [1.29, 1.82) is 0 Å². The van der Waals surface area contributed by atoms with Crippen LogP contribution in [0.2, 0.25) is 5.02 Å². The first-order valence-corrected chi connectivity index (χ1v) is 9.58. The highest BCUT2D eigenvalue weighted by molar-refractivity contribution is 7.99. The molecule has 1 fully saturated rings. The Labute approximate surface area is 148 Å². The van der Waals surface area contributed by atoms with Crippen LogP contribution < -0.4 is 4.90 Å². The van der Waals surface area contributed by atoms with Gasteiger partial charge in [0.2, 0.25) is 0 Å². The van der Waals surface area contributed by atoms with E-state index in [9.17, 15) is 0 Å². The quantitative estimate of drug-likeness (QED) is 0.555. The van der Waals surface area contributed by atoms with Crippen LogP contribution in [-0.4, -0.2) is 43.4 Å². The Morgan fingerprint density at radius 2 is 1.70 bits per heavy atom. The number of piperazine rings is 1. The van der Waals surface area contributed by atoms with Crippen LogP contribution in [-0.2, 0) is 0 Å². The lowest BCUT2D eigenvalue weighted by molar-refractivity contribution is 0.259. The van der Waals surface area contributed by atoms with E-state index in [2.05, 4.69) is 52.3 Å². The second-order valence-electron chi connectivity index (χ2n) is 5.82. The van der Waals surface area contributed by atoms with Crippen molar-refractivity contribution in [3.05, 3.63) is 59.6 Å². The largest absolute Gasteiger partial charge is 0.369 e. The van der Waals surface area contributed by atoms with Gasteiger partial charge in [-0.1, -0.05) is 35.9 Å². The van der Waals surface area contributed by atoms with Crippen LogP contribution in [0.15, 0.2) is 59.5 Å². The molecule has 1 aliphatic heterocycles. The predicted octanol–water partition coefficient (Wildman–Crippen LogP) is 4.64. The monoisotopic (exact) mass is 346 g/mol. The van der Waals surface area contributed by atoms with Crippen molar-refractivity contribution in [3.8, 4) is 0 Å². The third kappa shape index (κ3) is 5.17. The molecule has 1 heterocycles. The lowest BCUT2D eigenvalue weighted by atomic mass is 10.2. The fraction of sp³-hybridized carbons (Fsp3) is 0.368. The molecular formula is C19H23ClN2S. The topological polar surface area (TPSA) is 6.48 Å². The number of halogens is 1. The molecule has 0 saturated carbocycles. The number of anilines is 1. The molecule has 2 aromatic rings. The predicted molar refractivity (Wildman–Crippen MR) is 102 cm³/mol. The van der Waals surface area contributed by atoms with Crippen LogP contribution in [0.5, 0.6) is 0 Å². The molecule has 122 valence electrons. The molecule has 23 heavy (non-hydrogen) atoms. The minimum Gasteiger partial charge on any atom is -0.369 e. The molecule has 1 saturated heterocycles. The summed E-state index contributed by atoms with van der Waals surface area (Å²) in [5.74, 6) is 1.19. The first-order chi connectivity index (χ1) is 11.3. The second-order valence-corrected chi connectivity index (χ2v) is 7.43. The van der Waals surface area contributed by atoms with E-state index in [0.717, 1.165) is 31.2 Å². The van der Waals surface area contributed by atoms with Crippen molar-refractivity contribution in [3.63, 3.8) is 0 Å². The van der Waals surface area contributed by atoms with Crippen LogP contribution in [0.25, 0.3) is 0 Å². The molecule has 0 bridgehead atoms. The van der Waals surface area contributed by atoms with Gasteiger partial charge in [-0.3, -0.25) is 4.90 Å². The highest BCUT2D eigenvalue weighted by atomic mass is 35.5. The van der Waals surface area contributed by atoms with Crippen molar-refractivity contribution in [1.82, 2.24) is 4.90 Å². The summed E-state index contributed by atoms with van der Waals surface area (Å²) in [6, 6.07) is 18.9. The Morgan fingerprint density at radius 3 is 2.43 bits per heavy atom. The number of hydrogen-bond donors (Lipinski definition) is 0. The minimum atomic E-state index is 0.822. The van der Waals surface area contributed by atoms with Gasteiger partial charge in [0, 0.05) is 41.8 Å². The van der Waals surface area contributed by atoms with Crippen LogP contribution in [0.3, 0.4) is 0 Å².